The Balaban J connectivity index is 2.17. The summed E-state index contributed by atoms with van der Waals surface area (Å²) in [5.41, 5.74) is 1.97. The summed E-state index contributed by atoms with van der Waals surface area (Å²) < 4.78 is 18.5. The molecule has 5 nitrogen and oxygen atoms in total. The van der Waals surface area contributed by atoms with Crippen LogP contribution in [0.5, 0.6) is 11.5 Å². The number of ether oxygens (including phenoxy) is 2. The van der Waals surface area contributed by atoms with Gasteiger partial charge in [-0.3, -0.25) is 0 Å². The zero-order valence-corrected chi connectivity index (χ0v) is 20.4. The molecule has 0 bridgehead atoms. The van der Waals surface area contributed by atoms with Crippen LogP contribution in [0.15, 0.2) is 40.9 Å². The molecule has 0 saturated heterocycles. The number of methoxy groups -OCH3 is 1. The van der Waals surface area contributed by atoms with Crippen molar-refractivity contribution in [3.8, 4) is 11.5 Å². The van der Waals surface area contributed by atoms with Crippen LogP contribution < -0.4 is 9.47 Å². The molecular weight excluding hydrogens is 452 g/mol. The van der Waals surface area contributed by atoms with E-state index in [1.165, 1.54) is 0 Å². The van der Waals surface area contributed by atoms with Gasteiger partial charge < -0.3 is 19.0 Å². The van der Waals surface area contributed by atoms with Crippen LogP contribution >= 0.6 is 15.9 Å². The van der Waals surface area contributed by atoms with Gasteiger partial charge >= 0.3 is 5.97 Å². The Morgan fingerprint density at radius 2 is 1.76 bits per heavy atom. The monoisotopic (exact) mass is 480 g/mol. The van der Waals surface area contributed by atoms with Crippen molar-refractivity contribution in [3.63, 3.8) is 0 Å². The van der Waals surface area contributed by atoms with Crippen LogP contribution in [-0.2, 0) is 17.6 Å². The van der Waals surface area contributed by atoms with E-state index in [-0.39, 0.29) is 17.2 Å². The third-order valence-corrected chi connectivity index (χ3v) is 10.6. The van der Waals surface area contributed by atoms with E-state index < -0.39 is 14.3 Å². The zero-order chi connectivity index (χ0) is 21.8. The van der Waals surface area contributed by atoms with Gasteiger partial charge in [-0.1, -0.05) is 42.8 Å². The van der Waals surface area contributed by atoms with Crippen molar-refractivity contribution >= 4 is 30.2 Å². The Bertz CT molecular complexity index is 874. The Kier molecular flexibility index (Phi) is 7.54. The lowest BCUT2D eigenvalue weighted by molar-refractivity contribution is 0.0696. The minimum atomic E-state index is -1.86. The van der Waals surface area contributed by atoms with Gasteiger partial charge in [-0.05, 0) is 54.0 Å². The molecule has 2 rings (SSSR count). The van der Waals surface area contributed by atoms with Crippen LogP contribution in [0.25, 0.3) is 0 Å². The Morgan fingerprint density at radius 3 is 2.34 bits per heavy atom. The lowest BCUT2D eigenvalue weighted by Gasteiger charge is -2.36. The molecule has 0 aliphatic rings. The zero-order valence-electron chi connectivity index (χ0n) is 17.8. The van der Waals surface area contributed by atoms with Gasteiger partial charge in [0.1, 0.15) is 6.61 Å². The summed E-state index contributed by atoms with van der Waals surface area (Å²) >= 11 is 3.45. The number of hydrogen-bond acceptors (Lipinski definition) is 4. The SMILES string of the molecule is COc1ccc(CO[Si](C)(C)C(C)(C)C)cc1OCc1cc(C(=O)O)ccc1Br. The van der Waals surface area contributed by atoms with Crippen molar-refractivity contribution in [1.29, 1.82) is 0 Å². The maximum absolute atomic E-state index is 11.2. The molecule has 0 aliphatic carbocycles. The van der Waals surface area contributed by atoms with Crippen molar-refractivity contribution in [2.75, 3.05) is 7.11 Å². The fraction of sp³-hybridized carbons (Fsp3) is 0.409. The summed E-state index contributed by atoms with van der Waals surface area (Å²) in [4.78, 5) is 11.2. The summed E-state index contributed by atoms with van der Waals surface area (Å²) in [7, 11) is -0.264. The van der Waals surface area contributed by atoms with Crippen LogP contribution in [0.2, 0.25) is 18.1 Å². The van der Waals surface area contributed by atoms with E-state index in [0.29, 0.717) is 18.1 Å². The van der Waals surface area contributed by atoms with Crippen molar-refractivity contribution in [2.45, 2.75) is 52.1 Å². The summed E-state index contributed by atoms with van der Waals surface area (Å²) in [6.07, 6.45) is 0. The van der Waals surface area contributed by atoms with E-state index >= 15 is 0 Å². The summed E-state index contributed by atoms with van der Waals surface area (Å²) in [6, 6.07) is 10.6. The molecule has 7 heteroatoms. The standard InChI is InChI=1S/C22H29BrO5Si/c1-22(2,3)29(5,6)28-13-15-7-10-19(26-4)20(11-15)27-14-17-12-16(21(24)25)8-9-18(17)23/h7-12H,13-14H2,1-6H3,(H,24,25). The van der Waals surface area contributed by atoms with Gasteiger partial charge in [0.15, 0.2) is 19.8 Å². The molecule has 158 valence electrons. The van der Waals surface area contributed by atoms with Gasteiger partial charge in [0.25, 0.3) is 0 Å². The number of aromatic carboxylic acids is 1. The third-order valence-electron chi connectivity index (χ3n) is 5.31. The van der Waals surface area contributed by atoms with Crippen LogP contribution in [0.4, 0.5) is 0 Å². The lowest BCUT2D eigenvalue weighted by Crippen LogP contribution is -2.40. The molecule has 0 atom stereocenters. The molecule has 0 aliphatic heterocycles. The first-order valence-corrected chi connectivity index (χ1v) is 13.1. The number of hydrogen-bond donors (Lipinski definition) is 1. The second-order valence-electron chi connectivity index (χ2n) is 8.43. The van der Waals surface area contributed by atoms with Crippen molar-refractivity contribution < 1.29 is 23.8 Å². The Hall–Kier alpha value is -1.83. The fourth-order valence-electron chi connectivity index (χ4n) is 2.38. The molecule has 0 unspecified atom stereocenters. The van der Waals surface area contributed by atoms with Crippen LogP contribution in [0.3, 0.4) is 0 Å². The van der Waals surface area contributed by atoms with Crippen LogP contribution in [0, 0.1) is 0 Å². The first kappa shape index (κ1) is 23.4. The van der Waals surface area contributed by atoms with Crippen LogP contribution in [-0.4, -0.2) is 26.5 Å². The highest BCUT2D eigenvalue weighted by molar-refractivity contribution is 9.10. The van der Waals surface area contributed by atoms with E-state index in [9.17, 15) is 9.90 Å². The predicted octanol–water partition coefficient (Wildman–Crippen LogP) is 6.26. The van der Waals surface area contributed by atoms with Gasteiger partial charge in [-0.15, -0.1) is 0 Å². The minimum absolute atomic E-state index is 0.139. The molecule has 2 aromatic carbocycles. The average Bonchev–Trinajstić information content (AvgIpc) is 2.64. The molecule has 29 heavy (non-hydrogen) atoms. The van der Waals surface area contributed by atoms with Crippen LogP contribution in [0.1, 0.15) is 42.3 Å². The lowest BCUT2D eigenvalue weighted by atomic mass is 10.1. The summed E-state index contributed by atoms with van der Waals surface area (Å²) in [6.45, 7) is 11.8. The van der Waals surface area contributed by atoms with Gasteiger partial charge in [0, 0.05) is 10.0 Å². The number of rotatable bonds is 8. The Labute approximate surface area is 182 Å². The van der Waals surface area contributed by atoms with Gasteiger partial charge in [-0.25, -0.2) is 4.79 Å². The van der Waals surface area contributed by atoms with E-state index in [2.05, 4.69) is 49.8 Å². The molecule has 0 amide bonds. The fourth-order valence-corrected chi connectivity index (χ4v) is 3.70. The number of carboxylic acids is 1. The molecule has 0 radical (unpaired) electrons. The van der Waals surface area contributed by atoms with Crippen molar-refractivity contribution in [3.05, 3.63) is 57.6 Å². The molecule has 0 saturated carbocycles. The molecule has 1 N–H and O–H groups in total. The number of benzene rings is 2. The summed E-state index contributed by atoms with van der Waals surface area (Å²) in [5, 5.41) is 9.34. The highest BCUT2D eigenvalue weighted by atomic mass is 79.9. The molecule has 0 fully saturated rings. The smallest absolute Gasteiger partial charge is 0.335 e. The van der Waals surface area contributed by atoms with E-state index in [4.69, 9.17) is 13.9 Å². The molecule has 0 aromatic heterocycles. The molecule has 0 spiro atoms. The number of carbonyl (C=O) groups is 1. The quantitative estimate of drug-likeness (QED) is 0.451. The number of halogens is 1. The second-order valence-corrected chi connectivity index (χ2v) is 14.1. The average molecular weight is 481 g/mol. The highest BCUT2D eigenvalue weighted by Crippen LogP contribution is 2.37. The molecule has 0 heterocycles. The topological polar surface area (TPSA) is 65.0 Å². The van der Waals surface area contributed by atoms with E-state index in [1.807, 2.05) is 18.2 Å². The maximum atomic E-state index is 11.2. The highest BCUT2D eigenvalue weighted by Gasteiger charge is 2.37. The first-order valence-electron chi connectivity index (χ1n) is 9.40. The van der Waals surface area contributed by atoms with Crippen molar-refractivity contribution in [2.24, 2.45) is 0 Å². The van der Waals surface area contributed by atoms with Gasteiger partial charge in [-0.2, -0.15) is 0 Å². The largest absolute Gasteiger partial charge is 0.493 e. The number of carboxylic acid groups (broad SMARTS) is 1. The van der Waals surface area contributed by atoms with Crippen molar-refractivity contribution in [1.82, 2.24) is 0 Å². The third kappa shape index (κ3) is 6.07. The maximum Gasteiger partial charge on any atom is 0.335 e. The Morgan fingerprint density at radius 1 is 1.07 bits per heavy atom. The van der Waals surface area contributed by atoms with E-state index in [0.717, 1.165) is 15.6 Å². The van der Waals surface area contributed by atoms with Gasteiger partial charge in [0.2, 0.25) is 0 Å². The normalized spacial score (nSPS) is 12.0. The summed E-state index contributed by atoms with van der Waals surface area (Å²) in [5.74, 6) is 0.240. The predicted molar refractivity (Wildman–Crippen MR) is 120 cm³/mol. The first-order chi connectivity index (χ1) is 13.4. The van der Waals surface area contributed by atoms with Gasteiger partial charge in [0.05, 0.1) is 19.3 Å². The second kappa shape index (κ2) is 9.32. The van der Waals surface area contributed by atoms with E-state index in [1.54, 1.807) is 25.3 Å². The minimum Gasteiger partial charge on any atom is -0.493 e. The molecule has 2 aromatic rings. The molecular formula is C22H29BrO5Si.